The van der Waals surface area contributed by atoms with Crippen LogP contribution in [0, 0.1) is 0 Å². The molecule has 0 saturated carbocycles. The van der Waals surface area contributed by atoms with Crippen molar-refractivity contribution in [2.24, 2.45) is 0 Å². The number of carbonyl (C=O) groups is 1. The number of rotatable bonds is 3. The molecule has 0 unspecified atom stereocenters. The fraction of sp³-hybridized carbons (Fsp3) is 0. The summed E-state index contributed by atoms with van der Waals surface area (Å²) in [4.78, 5) is 15.5. The quantitative estimate of drug-likeness (QED) is 0.604. The van der Waals surface area contributed by atoms with Gasteiger partial charge in [0.05, 0.1) is 16.6 Å². The minimum Gasteiger partial charge on any atom is -0.478 e. The third kappa shape index (κ3) is 2.24. The molecule has 0 aliphatic rings. The van der Waals surface area contributed by atoms with Crippen molar-refractivity contribution < 1.29 is 9.90 Å². The van der Waals surface area contributed by atoms with E-state index in [1.165, 1.54) is 12.1 Å². The fourth-order valence-corrected chi connectivity index (χ4v) is 2.42. The van der Waals surface area contributed by atoms with Crippen LogP contribution in [0.4, 0.5) is 11.5 Å². The second-order valence-corrected chi connectivity index (χ2v) is 4.98. The number of benzene rings is 2. The van der Waals surface area contributed by atoms with Crippen LogP contribution in [0.5, 0.6) is 0 Å². The standard InChI is InChI=1S/C16H11N5O2/c22-16(23)10-5-7-11(8-6-10)18-14-15-20-17-9-21(15)13-4-2-1-3-12(13)19-14/h1-9H,(H,18,19)(H,22,23). The van der Waals surface area contributed by atoms with Crippen molar-refractivity contribution in [2.75, 3.05) is 5.32 Å². The van der Waals surface area contributed by atoms with E-state index in [1.807, 2.05) is 28.7 Å². The second-order valence-electron chi connectivity index (χ2n) is 4.98. The molecular weight excluding hydrogens is 294 g/mol. The van der Waals surface area contributed by atoms with Gasteiger partial charge in [0.15, 0.2) is 5.82 Å². The molecule has 112 valence electrons. The van der Waals surface area contributed by atoms with Crippen molar-refractivity contribution in [3.05, 3.63) is 60.4 Å². The topological polar surface area (TPSA) is 92.4 Å². The largest absolute Gasteiger partial charge is 0.478 e. The number of nitrogens with one attached hydrogen (secondary N) is 1. The van der Waals surface area contributed by atoms with Gasteiger partial charge in [0.1, 0.15) is 6.33 Å². The maximum atomic E-state index is 10.9. The lowest BCUT2D eigenvalue weighted by Gasteiger charge is -2.09. The zero-order valence-corrected chi connectivity index (χ0v) is 11.8. The molecule has 7 heteroatoms. The van der Waals surface area contributed by atoms with Gasteiger partial charge in [0, 0.05) is 5.69 Å². The van der Waals surface area contributed by atoms with E-state index in [1.54, 1.807) is 18.5 Å². The van der Waals surface area contributed by atoms with E-state index in [2.05, 4.69) is 20.5 Å². The Labute approximate surface area is 130 Å². The van der Waals surface area contributed by atoms with E-state index in [0.29, 0.717) is 11.5 Å². The van der Waals surface area contributed by atoms with E-state index < -0.39 is 5.97 Å². The summed E-state index contributed by atoms with van der Waals surface area (Å²) in [6, 6.07) is 14.1. The Kier molecular flexibility index (Phi) is 2.90. The lowest BCUT2D eigenvalue weighted by molar-refractivity contribution is 0.0697. The van der Waals surface area contributed by atoms with Gasteiger partial charge in [-0.2, -0.15) is 0 Å². The summed E-state index contributed by atoms with van der Waals surface area (Å²) in [7, 11) is 0. The second kappa shape index (κ2) is 5.06. The Morgan fingerprint density at radius 1 is 1.09 bits per heavy atom. The number of carboxylic acid groups (broad SMARTS) is 1. The van der Waals surface area contributed by atoms with Crippen LogP contribution < -0.4 is 5.32 Å². The molecular formula is C16H11N5O2. The highest BCUT2D eigenvalue weighted by molar-refractivity contribution is 5.88. The maximum absolute atomic E-state index is 10.9. The summed E-state index contributed by atoms with van der Waals surface area (Å²) < 4.78 is 1.86. The molecule has 7 nitrogen and oxygen atoms in total. The van der Waals surface area contributed by atoms with Crippen LogP contribution in [0.1, 0.15) is 10.4 Å². The van der Waals surface area contributed by atoms with Gasteiger partial charge in [-0.05, 0) is 36.4 Å². The summed E-state index contributed by atoms with van der Waals surface area (Å²) in [5.41, 5.74) is 3.28. The van der Waals surface area contributed by atoms with Gasteiger partial charge in [0.2, 0.25) is 5.65 Å². The van der Waals surface area contributed by atoms with Crippen LogP contribution in [-0.4, -0.2) is 30.7 Å². The van der Waals surface area contributed by atoms with E-state index in [0.717, 1.165) is 16.7 Å². The molecule has 2 aromatic carbocycles. The molecule has 2 aromatic heterocycles. The molecule has 2 N–H and O–H groups in total. The molecule has 0 radical (unpaired) electrons. The first-order valence-electron chi connectivity index (χ1n) is 6.91. The Hall–Kier alpha value is -3.48. The van der Waals surface area contributed by atoms with E-state index in [4.69, 9.17) is 5.11 Å². The van der Waals surface area contributed by atoms with Gasteiger partial charge >= 0.3 is 5.97 Å². The molecule has 0 atom stereocenters. The first-order valence-corrected chi connectivity index (χ1v) is 6.91. The van der Waals surface area contributed by atoms with Gasteiger partial charge in [-0.25, -0.2) is 9.78 Å². The first-order chi connectivity index (χ1) is 11.2. The SMILES string of the molecule is O=C(O)c1ccc(Nc2nc3ccccc3n3cnnc23)cc1. The number of anilines is 2. The number of para-hydroxylation sites is 2. The highest BCUT2D eigenvalue weighted by Crippen LogP contribution is 2.23. The number of aromatic carboxylic acids is 1. The van der Waals surface area contributed by atoms with Crippen LogP contribution in [0.15, 0.2) is 54.9 Å². The van der Waals surface area contributed by atoms with Gasteiger partial charge in [-0.1, -0.05) is 12.1 Å². The molecule has 23 heavy (non-hydrogen) atoms. The Morgan fingerprint density at radius 3 is 2.65 bits per heavy atom. The van der Waals surface area contributed by atoms with Crippen molar-refractivity contribution in [1.82, 2.24) is 19.6 Å². The van der Waals surface area contributed by atoms with E-state index in [-0.39, 0.29) is 5.56 Å². The number of carboxylic acids is 1. The summed E-state index contributed by atoms with van der Waals surface area (Å²) >= 11 is 0. The fourth-order valence-electron chi connectivity index (χ4n) is 2.42. The molecule has 0 aliphatic heterocycles. The van der Waals surface area contributed by atoms with Crippen molar-refractivity contribution in [3.8, 4) is 0 Å². The molecule has 0 spiro atoms. The highest BCUT2D eigenvalue weighted by atomic mass is 16.4. The lowest BCUT2D eigenvalue weighted by Crippen LogP contribution is -2.01. The minimum absolute atomic E-state index is 0.231. The lowest BCUT2D eigenvalue weighted by atomic mass is 10.2. The average Bonchev–Trinajstić information content (AvgIpc) is 3.06. The van der Waals surface area contributed by atoms with Crippen molar-refractivity contribution in [1.29, 1.82) is 0 Å². The normalized spacial score (nSPS) is 11.0. The molecule has 0 bridgehead atoms. The van der Waals surface area contributed by atoms with Crippen molar-refractivity contribution in [3.63, 3.8) is 0 Å². The molecule has 2 heterocycles. The average molecular weight is 305 g/mol. The smallest absolute Gasteiger partial charge is 0.335 e. The van der Waals surface area contributed by atoms with Crippen LogP contribution in [0.2, 0.25) is 0 Å². The summed E-state index contributed by atoms with van der Waals surface area (Å²) in [5, 5.41) is 20.2. The van der Waals surface area contributed by atoms with Crippen molar-refractivity contribution in [2.45, 2.75) is 0 Å². The number of fused-ring (bicyclic) bond motifs is 3. The Morgan fingerprint density at radius 2 is 1.87 bits per heavy atom. The molecule has 0 amide bonds. The molecule has 4 rings (SSSR count). The summed E-state index contributed by atoms with van der Waals surface area (Å²) in [5.74, 6) is -0.399. The highest BCUT2D eigenvalue weighted by Gasteiger charge is 2.10. The maximum Gasteiger partial charge on any atom is 0.335 e. The van der Waals surface area contributed by atoms with Crippen molar-refractivity contribution >= 4 is 34.2 Å². The first kappa shape index (κ1) is 13.2. The van der Waals surface area contributed by atoms with Crippen LogP contribution >= 0.6 is 0 Å². The number of aromatic nitrogens is 4. The number of hydrogen-bond acceptors (Lipinski definition) is 5. The van der Waals surface area contributed by atoms with Crippen LogP contribution in [0.3, 0.4) is 0 Å². The molecule has 0 fully saturated rings. The zero-order chi connectivity index (χ0) is 15.8. The third-order valence-electron chi connectivity index (χ3n) is 3.53. The predicted molar refractivity (Wildman–Crippen MR) is 85.0 cm³/mol. The molecule has 0 saturated heterocycles. The van der Waals surface area contributed by atoms with Crippen LogP contribution in [0.25, 0.3) is 16.7 Å². The number of hydrogen-bond donors (Lipinski definition) is 2. The monoisotopic (exact) mass is 305 g/mol. The molecule has 0 aliphatic carbocycles. The minimum atomic E-state index is -0.958. The van der Waals surface area contributed by atoms with Gasteiger partial charge in [0.25, 0.3) is 0 Å². The Bertz CT molecular complexity index is 1020. The van der Waals surface area contributed by atoms with Gasteiger partial charge in [-0.3, -0.25) is 4.40 Å². The number of nitrogens with zero attached hydrogens (tertiary/aromatic N) is 4. The summed E-state index contributed by atoms with van der Waals surface area (Å²) in [6.45, 7) is 0. The van der Waals surface area contributed by atoms with Crippen LogP contribution in [-0.2, 0) is 0 Å². The van der Waals surface area contributed by atoms with E-state index >= 15 is 0 Å². The van der Waals surface area contributed by atoms with Gasteiger partial charge < -0.3 is 10.4 Å². The zero-order valence-electron chi connectivity index (χ0n) is 11.8. The third-order valence-corrected chi connectivity index (χ3v) is 3.53. The summed E-state index contributed by atoms with van der Waals surface area (Å²) in [6.07, 6.45) is 1.64. The van der Waals surface area contributed by atoms with Gasteiger partial charge in [-0.15, -0.1) is 10.2 Å². The Balaban J connectivity index is 1.81. The van der Waals surface area contributed by atoms with E-state index in [9.17, 15) is 4.79 Å². The molecule has 4 aromatic rings. The predicted octanol–water partition coefficient (Wildman–Crippen LogP) is 2.72.